The first-order valence-corrected chi connectivity index (χ1v) is 15.1. The van der Waals surface area contributed by atoms with Crippen LogP contribution in [0.5, 0.6) is 0 Å². The van der Waals surface area contributed by atoms with Crippen LogP contribution in [0.15, 0.2) is 86.4 Å². The van der Waals surface area contributed by atoms with Crippen LogP contribution in [0.25, 0.3) is 11.6 Å². The van der Waals surface area contributed by atoms with Crippen molar-refractivity contribution in [3.8, 4) is 11.6 Å². The highest BCUT2D eigenvalue weighted by molar-refractivity contribution is 7.99. The van der Waals surface area contributed by atoms with Crippen molar-refractivity contribution < 1.29 is 14.1 Å². The zero-order valence-electron chi connectivity index (χ0n) is 22.6. The first kappa shape index (κ1) is 27.6. The van der Waals surface area contributed by atoms with Crippen molar-refractivity contribution in [2.24, 2.45) is 4.99 Å². The Hall–Kier alpha value is -4.55. The van der Waals surface area contributed by atoms with Gasteiger partial charge in [0.2, 0.25) is 0 Å². The molecule has 1 amide bonds. The summed E-state index contributed by atoms with van der Waals surface area (Å²) in [4.78, 5) is 31.4. The van der Waals surface area contributed by atoms with Crippen LogP contribution in [0.3, 0.4) is 0 Å². The van der Waals surface area contributed by atoms with Gasteiger partial charge in [0.25, 0.3) is 11.6 Å². The SMILES string of the molecule is CCn1c(Sc2ccc([N+](=O)[O-])cc2C=Nc2sc3c(c2C(=O)Nc2ccccc2)CCCC3)nnc1-c1ccco1. The van der Waals surface area contributed by atoms with E-state index in [1.165, 1.54) is 40.1 Å². The number of para-hydroxylation sites is 1. The Morgan fingerprint density at radius 1 is 1.17 bits per heavy atom. The van der Waals surface area contributed by atoms with Gasteiger partial charge in [-0.3, -0.25) is 19.5 Å². The van der Waals surface area contributed by atoms with Crippen LogP contribution in [0.4, 0.5) is 16.4 Å². The number of nitro benzene ring substituents is 1. The molecule has 0 bridgehead atoms. The van der Waals surface area contributed by atoms with Crippen LogP contribution in [0.1, 0.15) is 46.1 Å². The Bertz CT molecular complexity index is 1780. The van der Waals surface area contributed by atoms with Crippen LogP contribution < -0.4 is 5.32 Å². The minimum Gasteiger partial charge on any atom is -0.461 e. The minimum atomic E-state index is -0.433. The van der Waals surface area contributed by atoms with Gasteiger partial charge in [0, 0.05) is 45.9 Å². The molecule has 212 valence electrons. The molecule has 5 aromatic rings. The van der Waals surface area contributed by atoms with Gasteiger partial charge in [-0.1, -0.05) is 18.2 Å². The first-order valence-electron chi connectivity index (χ1n) is 13.5. The summed E-state index contributed by atoms with van der Waals surface area (Å²) in [7, 11) is 0. The molecule has 0 atom stereocenters. The molecule has 1 N–H and O–H groups in total. The fourth-order valence-electron chi connectivity index (χ4n) is 4.90. The minimum absolute atomic E-state index is 0.0541. The van der Waals surface area contributed by atoms with Gasteiger partial charge in [-0.05, 0) is 80.3 Å². The number of thiophene rings is 1. The summed E-state index contributed by atoms with van der Waals surface area (Å²) < 4.78 is 7.44. The summed E-state index contributed by atoms with van der Waals surface area (Å²) in [5.74, 6) is 0.993. The molecule has 6 rings (SSSR count). The number of hydrogen-bond donors (Lipinski definition) is 1. The number of aliphatic imine (C=N–C) groups is 1. The number of hydrogen-bond acceptors (Lipinski definition) is 9. The number of rotatable bonds is 9. The van der Waals surface area contributed by atoms with Crippen molar-refractivity contribution in [1.29, 1.82) is 0 Å². The maximum Gasteiger partial charge on any atom is 0.270 e. The number of carbonyl (C=O) groups excluding carboxylic acids is 1. The number of benzene rings is 2. The van der Waals surface area contributed by atoms with E-state index in [4.69, 9.17) is 9.41 Å². The van der Waals surface area contributed by atoms with Crippen LogP contribution in [0, 0.1) is 10.1 Å². The lowest BCUT2D eigenvalue weighted by Crippen LogP contribution is -2.14. The number of anilines is 1. The molecule has 12 heteroatoms. The number of nitrogens with one attached hydrogen (secondary N) is 1. The predicted octanol–water partition coefficient (Wildman–Crippen LogP) is 7.56. The fraction of sp³-hybridized carbons (Fsp3) is 0.200. The number of amides is 1. The number of nitrogens with zero attached hydrogens (tertiary/aromatic N) is 5. The number of aryl methyl sites for hydroxylation is 1. The Morgan fingerprint density at radius 2 is 2.00 bits per heavy atom. The average molecular weight is 599 g/mol. The van der Waals surface area contributed by atoms with Crippen molar-refractivity contribution in [3.05, 3.63) is 98.6 Å². The molecule has 1 aliphatic carbocycles. The highest BCUT2D eigenvalue weighted by Gasteiger charge is 2.26. The Labute approximate surface area is 249 Å². The molecule has 0 unspecified atom stereocenters. The molecule has 42 heavy (non-hydrogen) atoms. The fourth-order valence-corrected chi connectivity index (χ4v) is 7.10. The number of furan rings is 1. The highest BCUT2D eigenvalue weighted by Crippen LogP contribution is 2.41. The molecule has 0 fully saturated rings. The second kappa shape index (κ2) is 12.1. The number of fused-ring (bicyclic) bond motifs is 1. The quantitative estimate of drug-likeness (QED) is 0.105. The van der Waals surface area contributed by atoms with Crippen molar-refractivity contribution in [3.63, 3.8) is 0 Å². The van der Waals surface area contributed by atoms with Gasteiger partial charge in [0.05, 0.1) is 16.7 Å². The van der Waals surface area contributed by atoms with Gasteiger partial charge in [0.15, 0.2) is 16.7 Å². The van der Waals surface area contributed by atoms with E-state index >= 15 is 0 Å². The summed E-state index contributed by atoms with van der Waals surface area (Å²) >= 11 is 2.85. The normalized spacial score (nSPS) is 12.9. The van der Waals surface area contributed by atoms with Gasteiger partial charge in [-0.2, -0.15) is 0 Å². The molecule has 0 aliphatic heterocycles. The lowest BCUT2D eigenvalue weighted by Gasteiger charge is -2.12. The molecular weight excluding hydrogens is 573 g/mol. The molecule has 2 aromatic carbocycles. The van der Waals surface area contributed by atoms with Crippen molar-refractivity contribution in [1.82, 2.24) is 14.8 Å². The smallest absolute Gasteiger partial charge is 0.270 e. The zero-order valence-corrected chi connectivity index (χ0v) is 24.3. The summed E-state index contributed by atoms with van der Waals surface area (Å²) in [5.41, 5.74) is 2.81. The first-order chi connectivity index (χ1) is 20.5. The molecule has 10 nitrogen and oxygen atoms in total. The molecular formula is C30H26N6O4S2. The summed E-state index contributed by atoms with van der Waals surface area (Å²) in [6.07, 6.45) is 7.00. The van der Waals surface area contributed by atoms with Crippen molar-refractivity contribution in [2.45, 2.75) is 49.2 Å². The topological polar surface area (TPSA) is 128 Å². The molecule has 0 saturated carbocycles. The lowest BCUT2D eigenvalue weighted by molar-refractivity contribution is -0.384. The van der Waals surface area contributed by atoms with Crippen molar-refractivity contribution >= 4 is 51.6 Å². The predicted molar refractivity (Wildman–Crippen MR) is 163 cm³/mol. The molecule has 3 heterocycles. The van der Waals surface area contributed by atoms with Gasteiger partial charge < -0.3 is 9.73 Å². The number of nitro groups is 1. The summed E-state index contributed by atoms with van der Waals surface area (Å²) in [6.45, 7) is 2.58. The van der Waals surface area contributed by atoms with Crippen LogP contribution >= 0.6 is 23.1 Å². The van der Waals surface area contributed by atoms with Gasteiger partial charge in [-0.25, -0.2) is 4.99 Å². The average Bonchev–Trinajstić information content (AvgIpc) is 3.75. The van der Waals surface area contributed by atoms with Crippen LogP contribution in [-0.4, -0.2) is 31.8 Å². The third-order valence-electron chi connectivity index (χ3n) is 6.91. The summed E-state index contributed by atoms with van der Waals surface area (Å²) in [5, 5.41) is 24.5. The molecule has 0 spiro atoms. The number of aromatic nitrogens is 3. The van der Waals surface area contributed by atoms with E-state index in [0.29, 0.717) is 50.0 Å². The second-order valence-electron chi connectivity index (χ2n) is 9.58. The standard InChI is InChI=1S/C30H26N6O4S2/c1-2-35-27(23-12-8-16-40-23)33-34-30(35)42-24-15-14-21(36(38)39)17-19(24)18-31-29-26(22-11-6-7-13-25(22)41-29)28(37)32-20-9-4-3-5-10-20/h3-5,8-10,12,14-18H,2,6-7,11,13H2,1H3,(H,32,37). The lowest BCUT2D eigenvalue weighted by atomic mass is 9.95. The Kier molecular flexibility index (Phi) is 7.97. The third-order valence-corrected chi connectivity index (χ3v) is 9.19. The zero-order chi connectivity index (χ0) is 29.1. The van der Waals surface area contributed by atoms with E-state index in [-0.39, 0.29) is 11.6 Å². The largest absolute Gasteiger partial charge is 0.461 e. The van der Waals surface area contributed by atoms with E-state index in [9.17, 15) is 14.9 Å². The van der Waals surface area contributed by atoms with E-state index < -0.39 is 4.92 Å². The summed E-state index contributed by atoms with van der Waals surface area (Å²) in [6, 6.07) is 17.6. The van der Waals surface area contributed by atoms with Gasteiger partial charge in [-0.15, -0.1) is 21.5 Å². The Morgan fingerprint density at radius 3 is 2.76 bits per heavy atom. The molecule has 0 saturated heterocycles. The maximum atomic E-state index is 13.5. The number of non-ortho nitro benzene ring substituents is 1. The van der Waals surface area contributed by atoms with Crippen molar-refractivity contribution in [2.75, 3.05) is 5.32 Å². The molecule has 1 aliphatic rings. The van der Waals surface area contributed by atoms with E-state index in [1.807, 2.05) is 47.9 Å². The van der Waals surface area contributed by atoms with Gasteiger partial charge >= 0.3 is 0 Å². The number of carbonyl (C=O) groups is 1. The molecule has 3 aromatic heterocycles. The third kappa shape index (κ3) is 5.63. The monoisotopic (exact) mass is 598 g/mol. The molecule has 0 radical (unpaired) electrons. The van der Waals surface area contributed by atoms with Gasteiger partial charge in [0.1, 0.15) is 5.00 Å². The highest BCUT2D eigenvalue weighted by atomic mass is 32.2. The van der Waals surface area contributed by atoms with E-state index in [0.717, 1.165) is 31.2 Å². The Balaban J connectivity index is 1.37. The van der Waals surface area contributed by atoms with E-state index in [2.05, 4.69) is 15.5 Å². The van der Waals surface area contributed by atoms with E-state index in [1.54, 1.807) is 24.6 Å². The maximum absolute atomic E-state index is 13.5. The second-order valence-corrected chi connectivity index (χ2v) is 11.7. The van der Waals surface area contributed by atoms with Crippen LogP contribution in [-0.2, 0) is 19.4 Å². The van der Waals surface area contributed by atoms with Crippen LogP contribution in [0.2, 0.25) is 0 Å².